The number of carbonyl (C=O) groups is 2. The van der Waals surface area contributed by atoms with E-state index in [-0.39, 0.29) is 5.57 Å². The first kappa shape index (κ1) is 28.4. The molecule has 214 valence electrons. The number of aliphatic hydroxyl groups excluding tert-OH is 1. The molecule has 43 heavy (non-hydrogen) atoms. The number of rotatable bonds is 10. The molecule has 6 rings (SSSR count). The number of anilines is 1. The molecule has 0 spiro atoms. The summed E-state index contributed by atoms with van der Waals surface area (Å²) >= 11 is 2.77. The van der Waals surface area contributed by atoms with E-state index in [1.165, 1.54) is 50.4 Å². The molecule has 1 aromatic heterocycles. The Balaban J connectivity index is 1.32. The van der Waals surface area contributed by atoms with Crippen LogP contribution in [0.25, 0.3) is 16.8 Å². The fourth-order valence-electron chi connectivity index (χ4n) is 5.05. The molecule has 7 nitrogen and oxygen atoms in total. The van der Waals surface area contributed by atoms with Crippen molar-refractivity contribution in [2.45, 2.75) is 23.1 Å². The number of ketones is 1. The average molecular weight is 606 g/mol. The molecule has 1 unspecified atom stereocenters. The summed E-state index contributed by atoms with van der Waals surface area (Å²) < 4.78 is 6.37. The molecule has 5 aromatic rings. The SMILES string of the molecule is CCOc1cccc(C2C(C(=O)/C=C/c3ccccc3)=C(O)C(=O)N2c2nnc(SCc3cccc4ccccc34)s2)c1. The smallest absolute Gasteiger partial charge is 0.296 e. The maximum Gasteiger partial charge on any atom is 0.296 e. The molecule has 1 atom stereocenters. The molecule has 0 radical (unpaired) electrons. The Kier molecular flexibility index (Phi) is 8.35. The quantitative estimate of drug-likeness (QED) is 0.0997. The van der Waals surface area contributed by atoms with Gasteiger partial charge in [-0.15, -0.1) is 10.2 Å². The van der Waals surface area contributed by atoms with Crippen molar-refractivity contribution in [2.24, 2.45) is 0 Å². The summed E-state index contributed by atoms with van der Waals surface area (Å²) in [6.07, 6.45) is 3.04. The minimum absolute atomic E-state index is 0.0222. The lowest BCUT2D eigenvalue weighted by molar-refractivity contribution is -0.117. The molecular formula is C34H27N3O4S2. The zero-order valence-electron chi connectivity index (χ0n) is 23.2. The molecule has 1 amide bonds. The topological polar surface area (TPSA) is 92.6 Å². The largest absolute Gasteiger partial charge is 0.503 e. The van der Waals surface area contributed by atoms with Crippen LogP contribution in [-0.4, -0.2) is 33.6 Å². The molecule has 0 aliphatic carbocycles. The Labute approximate surface area is 257 Å². The molecule has 0 bridgehead atoms. The van der Waals surface area contributed by atoms with Gasteiger partial charge in [-0.25, -0.2) is 0 Å². The first-order valence-electron chi connectivity index (χ1n) is 13.7. The van der Waals surface area contributed by atoms with Crippen molar-refractivity contribution in [3.05, 3.63) is 131 Å². The molecular weight excluding hydrogens is 579 g/mol. The van der Waals surface area contributed by atoms with Crippen molar-refractivity contribution < 1.29 is 19.4 Å². The van der Waals surface area contributed by atoms with Crippen LogP contribution in [-0.2, 0) is 15.3 Å². The summed E-state index contributed by atoms with van der Waals surface area (Å²) in [5.41, 5.74) is 2.58. The fourth-order valence-corrected chi connectivity index (χ4v) is 6.92. The molecule has 1 aliphatic heterocycles. The third kappa shape index (κ3) is 5.95. The van der Waals surface area contributed by atoms with Gasteiger partial charge in [-0.1, -0.05) is 114 Å². The van der Waals surface area contributed by atoms with Gasteiger partial charge in [0, 0.05) is 5.75 Å². The van der Waals surface area contributed by atoms with E-state index >= 15 is 0 Å². The van der Waals surface area contributed by atoms with E-state index in [9.17, 15) is 14.7 Å². The van der Waals surface area contributed by atoms with Crippen LogP contribution < -0.4 is 9.64 Å². The van der Waals surface area contributed by atoms with Gasteiger partial charge in [0.2, 0.25) is 5.13 Å². The highest BCUT2D eigenvalue weighted by atomic mass is 32.2. The van der Waals surface area contributed by atoms with E-state index in [0.29, 0.717) is 33.1 Å². The number of nitrogens with zero attached hydrogens (tertiary/aromatic N) is 3. The number of fused-ring (bicyclic) bond motifs is 1. The van der Waals surface area contributed by atoms with Crippen LogP contribution in [0.15, 0.2) is 119 Å². The molecule has 0 fully saturated rings. The molecule has 1 N–H and O–H groups in total. The van der Waals surface area contributed by atoms with E-state index in [4.69, 9.17) is 4.74 Å². The van der Waals surface area contributed by atoms with Gasteiger partial charge in [0.1, 0.15) is 5.75 Å². The standard InChI is InChI=1S/C34H27N3O4S2/c1-2-41-26-16-9-14-24(20-26)30-29(28(38)19-18-22-10-4-3-5-11-22)31(39)32(40)37(30)33-35-36-34(43-33)42-21-25-15-8-13-23-12-6-7-17-27(23)25/h3-20,30,39H,2,21H2,1H3/b19-18+. The highest BCUT2D eigenvalue weighted by Gasteiger charge is 2.45. The van der Waals surface area contributed by atoms with Gasteiger partial charge in [0.15, 0.2) is 15.9 Å². The van der Waals surface area contributed by atoms with Gasteiger partial charge in [0.05, 0.1) is 18.2 Å². The fraction of sp³-hybridized carbons (Fsp3) is 0.118. The Morgan fingerprint density at radius 3 is 2.60 bits per heavy atom. The number of hydrogen-bond donors (Lipinski definition) is 1. The minimum atomic E-state index is -0.912. The summed E-state index contributed by atoms with van der Waals surface area (Å²) in [5.74, 6) is -0.519. The number of carbonyl (C=O) groups excluding carboxylic acids is 2. The Hall–Kier alpha value is -4.73. The highest BCUT2D eigenvalue weighted by molar-refractivity contribution is 8.00. The van der Waals surface area contributed by atoms with Gasteiger partial charge < -0.3 is 9.84 Å². The number of hydrogen-bond acceptors (Lipinski definition) is 8. The van der Waals surface area contributed by atoms with Crippen molar-refractivity contribution in [1.29, 1.82) is 0 Å². The van der Waals surface area contributed by atoms with E-state index in [1.807, 2.05) is 61.5 Å². The van der Waals surface area contributed by atoms with Crippen molar-refractivity contribution in [2.75, 3.05) is 11.5 Å². The lowest BCUT2D eigenvalue weighted by Gasteiger charge is -2.24. The highest BCUT2D eigenvalue weighted by Crippen LogP contribution is 2.44. The molecule has 0 saturated heterocycles. The number of amides is 1. The minimum Gasteiger partial charge on any atom is -0.503 e. The molecule has 9 heteroatoms. The third-order valence-electron chi connectivity index (χ3n) is 7.02. The van der Waals surface area contributed by atoms with Crippen molar-refractivity contribution in [1.82, 2.24) is 10.2 Å². The Morgan fingerprint density at radius 1 is 1.00 bits per heavy atom. The van der Waals surface area contributed by atoms with Crippen LogP contribution >= 0.6 is 23.1 Å². The summed E-state index contributed by atoms with van der Waals surface area (Å²) in [6, 6.07) is 30.1. The van der Waals surface area contributed by atoms with Gasteiger partial charge in [-0.3, -0.25) is 14.5 Å². The summed E-state index contributed by atoms with van der Waals surface area (Å²) in [7, 11) is 0. The molecule has 0 saturated carbocycles. The predicted molar refractivity (Wildman–Crippen MR) is 171 cm³/mol. The maximum atomic E-state index is 13.6. The van der Waals surface area contributed by atoms with Crippen molar-refractivity contribution >= 4 is 56.8 Å². The number of aromatic nitrogens is 2. The normalized spacial score (nSPS) is 15.1. The lowest BCUT2D eigenvalue weighted by atomic mass is 9.95. The van der Waals surface area contributed by atoms with Crippen LogP contribution in [0.4, 0.5) is 5.13 Å². The first-order chi connectivity index (χ1) is 21.0. The zero-order valence-corrected chi connectivity index (χ0v) is 24.8. The van der Waals surface area contributed by atoms with Crippen LogP contribution in [0.2, 0.25) is 0 Å². The van der Waals surface area contributed by atoms with Gasteiger partial charge in [-0.05, 0) is 52.6 Å². The van der Waals surface area contributed by atoms with Gasteiger partial charge in [0.25, 0.3) is 5.91 Å². The lowest BCUT2D eigenvalue weighted by Crippen LogP contribution is -2.30. The van der Waals surface area contributed by atoms with Gasteiger partial charge >= 0.3 is 0 Å². The number of ether oxygens (including phenoxy) is 1. The Morgan fingerprint density at radius 2 is 1.77 bits per heavy atom. The third-order valence-corrected chi connectivity index (χ3v) is 9.12. The molecule has 1 aliphatic rings. The summed E-state index contributed by atoms with van der Waals surface area (Å²) in [4.78, 5) is 28.5. The second-order valence-corrected chi connectivity index (χ2v) is 11.9. The number of allylic oxidation sites excluding steroid dienone is 1. The van der Waals surface area contributed by atoms with Crippen LogP contribution in [0.5, 0.6) is 5.75 Å². The summed E-state index contributed by atoms with van der Waals surface area (Å²) in [5, 5.41) is 22.4. The van der Waals surface area contributed by atoms with Crippen molar-refractivity contribution in [3.63, 3.8) is 0 Å². The van der Waals surface area contributed by atoms with Crippen LogP contribution in [0.3, 0.4) is 0 Å². The molecule has 2 heterocycles. The maximum absolute atomic E-state index is 13.6. The zero-order chi connectivity index (χ0) is 29.8. The average Bonchev–Trinajstić information content (AvgIpc) is 3.61. The second-order valence-electron chi connectivity index (χ2n) is 9.73. The van der Waals surface area contributed by atoms with Gasteiger partial charge in [-0.2, -0.15) is 0 Å². The van der Waals surface area contributed by atoms with E-state index < -0.39 is 23.5 Å². The molecule has 4 aromatic carbocycles. The Bertz CT molecular complexity index is 1860. The van der Waals surface area contributed by atoms with E-state index in [0.717, 1.165) is 5.56 Å². The van der Waals surface area contributed by atoms with Crippen LogP contribution in [0.1, 0.15) is 29.7 Å². The number of aliphatic hydroxyl groups is 1. The monoisotopic (exact) mass is 605 g/mol. The number of benzene rings is 4. The predicted octanol–water partition coefficient (Wildman–Crippen LogP) is 7.56. The van der Waals surface area contributed by atoms with Crippen molar-refractivity contribution in [3.8, 4) is 5.75 Å². The second kappa shape index (κ2) is 12.6. The van der Waals surface area contributed by atoms with Crippen LogP contribution in [0, 0.1) is 0 Å². The summed E-state index contributed by atoms with van der Waals surface area (Å²) in [6.45, 7) is 2.34. The van der Waals surface area contributed by atoms with E-state index in [1.54, 1.807) is 24.3 Å². The first-order valence-corrected chi connectivity index (χ1v) is 15.5. The number of thioether (sulfide) groups is 1. The van der Waals surface area contributed by atoms with E-state index in [2.05, 4.69) is 34.5 Å².